The van der Waals surface area contributed by atoms with E-state index in [1.54, 1.807) is 0 Å². The van der Waals surface area contributed by atoms with Crippen molar-refractivity contribution >= 4 is 5.97 Å². The Morgan fingerprint density at radius 1 is 1.00 bits per heavy atom. The van der Waals surface area contributed by atoms with Gasteiger partial charge in [-0.15, -0.1) is 0 Å². The molecule has 0 amide bonds. The van der Waals surface area contributed by atoms with Gasteiger partial charge in [0.1, 0.15) is 0 Å². The first-order chi connectivity index (χ1) is 7.40. The second-order valence-electron chi connectivity index (χ2n) is 7.24. The molecule has 0 fully saturated rings. The first-order valence-electron chi connectivity index (χ1n) is 6.18. The third kappa shape index (κ3) is 6.50. The van der Waals surface area contributed by atoms with Crippen LogP contribution in [0.3, 0.4) is 0 Å². The average molecular weight is 240 g/mol. The van der Waals surface area contributed by atoms with E-state index in [1.165, 1.54) is 7.11 Å². The zero-order chi connectivity index (χ0) is 13.9. The van der Waals surface area contributed by atoms with E-state index < -0.39 is 5.41 Å². The minimum Gasteiger partial charge on any atom is -0.469 e. The van der Waals surface area contributed by atoms with E-state index in [9.17, 15) is 4.79 Å². The quantitative estimate of drug-likeness (QED) is 0.543. The number of carbonyl (C=O) groups excluding carboxylic acids is 1. The van der Waals surface area contributed by atoms with E-state index in [0.717, 1.165) is 6.42 Å². The fourth-order valence-electron chi connectivity index (χ4n) is 2.02. The maximum absolute atomic E-state index is 11.7. The molecule has 0 spiro atoms. The number of hydrogen-bond acceptors (Lipinski definition) is 2. The molecule has 0 aromatic heterocycles. The van der Waals surface area contributed by atoms with Crippen LogP contribution in [0.1, 0.15) is 54.9 Å². The zero-order valence-corrected chi connectivity index (χ0v) is 12.7. The van der Waals surface area contributed by atoms with Crippen molar-refractivity contribution in [2.24, 2.45) is 16.2 Å². The summed E-state index contributed by atoms with van der Waals surface area (Å²) in [6.45, 7) is 14.7. The van der Waals surface area contributed by atoms with Crippen LogP contribution >= 0.6 is 0 Å². The second-order valence-corrected chi connectivity index (χ2v) is 7.24. The van der Waals surface area contributed by atoms with Crippen LogP contribution in [0.5, 0.6) is 0 Å². The highest BCUT2D eigenvalue weighted by Gasteiger charge is 2.34. The Morgan fingerprint density at radius 2 is 1.47 bits per heavy atom. The molecule has 0 N–H and O–H groups in total. The molecule has 0 radical (unpaired) electrons. The lowest BCUT2D eigenvalue weighted by Gasteiger charge is -2.31. The Hall–Kier alpha value is -0.790. The number of allylic oxidation sites excluding steroid dienone is 2. The molecule has 0 aromatic rings. The Morgan fingerprint density at radius 3 is 1.82 bits per heavy atom. The van der Waals surface area contributed by atoms with Gasteiger partial charge in [0.15, 0.2) is 0 Å². The largest absolute Gasteiger partial charge is 0.469 e. The fourth-order valence-corrected chi connectivity index (χ4v) is 2.02. The van der Waals surface area contributed by atoms with Crippen LogP contribution in [-0.4, -0.2) is 13.1 Å². The van der Waals surface area contributed by atoms with E-state index in [1.807, 2.05) is 13.8 Å². The predicted octanol–water partition coefficient (Wildman–Crippen LogP) is 4.20. The van der Waals surface area contributed by atoms with Crippen molar-refractivity contribution in [2.75, 3.05) is 7.11 Å². The molecule has 17 heavy (non-hydrogen) atoms. The second kappa shape index (κ2) is 5.24. The van der Waals surface area contributed by atoms with E-state index in [0.29, 0.717) is 0 Å². The highest BCUT2D eigenvalue weighted by atomic mass is 16.5. The molecule has 2 nitrogen and oxygen atoms in total. The summed E-state index contributed by atoms with van der Waals surface area (Å²) in [6, 6.07) is 0. The van der Waals surface area contributed by atoms with Crippen molar-refractivity contribution in [3.63, 3.8) is 0 Å². The van der Waals surface area contributed by atoms with Gasteiger partial charge in [-0.05, 0) is 31.1 Å². The van der Waals surface area contributed by atoms with Crippen molar-refractivity contribution in [3.05, 3.63) is 12.2 Å². The van der Waals surface area contributed by atoms with Crippen LogP contribution in [-0.2, 0) is 9.53 Å². The summed E-state index contributed by atoms with van der Waals surface area (Å²) in [5.41, 5.74) is -0.280. The maximum atomic E-state index is 11.7. The van der Waals surface area contributed by atoms with Gasteiger partial charge in [-0.3, -0.25) is 4.79 Å². The van der Waals surface area contributed by atoms with Crippen LogP contribution in [0.15, 0.2) is 12.2 Å². The first kappa shape index (κ1) is 16.2. The standard InChI is InChI=1S/C15H28O2/c1-13(2,3)9-10-14(4,5)11-15(6,7)12(16)17-8/h9-10H,11H2,1-8H3/b10-9+. The molecular weight excluding hydrogens is 212 g/mol. The molecule has 0 aromatic carbocycles. The minimum absolute atomic E-state index is 0.00896. The maximum Gasteiger partial charge on any atom is 0.311 e. The molecule has 2 heteroatoms. The van der Waals surface area contributed by atoms with Crippen LogP contribution < -0.4 is 0 Å². The number of carbonyl (C=O) groups is 1. The molecule has 100 valence electrons. The molecule has 0 saturated carbocycles. The van der Waals surface area contributed by atoms with Crippen molar-refractivity contribution in [2.45, 2.75) is 54.9 Å². The van der Waals surface area contributed by atoms with Gasteiger partial charge in [0.2, 0.25) is 0 Å². The molecular formula is C15H28O2. The van der Waals surface area contributed by atoms with Gasteiger partial charge in [-0.1, -0.05) is 46.8 Å². The minimum atomic E-state index is -0.444. The van der Waals surface area contributed by atoms with Gasteiger partial charge in [-0.25, -0.2) is 0 Å². The molecule has 0 heterocycles. The molecule has 0 aliphatic rings. The van der Waals surface area contributed by atoms with Gasteiger partial charge >= 0.3 is 5.97 Å². The van der Waals surface area contributed by atoms with Crippen molar-refractivity contribution in [1.82, 2.24) is 0 Å². The Kier molecular flexibility index (Phi) is 5.00. The van der Waals surface area contributed by atoms with E-state index in [2.05, 4.69) is 46.8 Å². The lowest BCUT2D eigenvalue weighted by atomic mass is 9.74. The summed E-state index contributed by atoms with van der Waals surface area (Å²) in [4.78, 5) is 11.7. The summed E-state index contributed by atoms with van der Waals surface area (Å²) >= 11 is 0. The fraction of sp³-hybridized carbons (Fsp3) is 0.800. The summed E-state index contributed by atoms with van der Waals surface area (Å²) in [6.07, 6.45) is 5.19. The molecule has 0 saturated heterocycles. The number of hydrogen-bond donors (Lipinski definition) is 0. The number of rotatable bonds is 4. The molecule has 0 aliphatic heterocycles. The van der Waals surface area contributed by atoms with Gasteiger partial charge in [0.05, 0.1) is 12.5 Å². The van der Waals surface area contributed by atoms with Crippen LogP contribution in [0, 0.1) is 16.2 Å². The summed E-state index contributed by atoms with van der Waals surface area (Å²) in [5, 5.41) is 0. The van der Waals surface area contributed by atoms with Crippen molar-refractivity contribution < 1.29 is 9.53 Å². The highest BCUT2D eigenvalue weighted by molar-refractivity contribution is 5.75. The van der Waals surface area contributed by atoms with Gasteiger partial charge in [-0.2, -0.15) is 0 Å². The molecule has 0 bridgehead atoms. The summed E-state index contributed by atoms with van der Waals surface area (Å²) in [7, 11) is 1.45. The SMILES string of the molecule is COC(=O)C(C)(C)CC(C)(C)/C=C/C(C)(C)C. The van der Waals surface area contributed by atoms with Gasteiger partial charge in [0, 0.05) is 0 Å². The summed E-state index contributed by atoms with van der Waals surface area (Å²) in [5.74, 6) is -0.144. The Labute approximate surface area is 106 Å². The molecule has 0 aliphatic carbocycles. The average Bonchev–Trinajstić information content (AvgIpc) is 2.11. The molecule has 0 unspecified atom stereocenters. The lowest BCUT2D eigenvalue weighted by molar-refractivity contribution is -0.152. The summed E-state index contributed by atoms with van der Waals surface area (Å²) < 4.78 is 4.84. The predicted molar refractivity (Wildman–Crippen MR) is 72.8 cm³/mol. The van der Waals surface area contributed by atoms with E-state index in [4.69, 9.17) is 4.74 Å². The van der Waals surface area contributed by atoms with E-state index in [-0.39, 0.29) is 16.8 Å². The number of ether oxygens (including phenoxy) is 1. The van der Waals surface area contributed by atoms with Crippen LogP contribution in [0.25, 0.3) is 0 Å². The third-order valence-corrected chi connectivity index (χ3v) is 2.67. The van der Waals surface area contributed by atoms with Crippen LogP contribution in [0.4, 0.5) is 0 Å². The number of methoxy groups -OCH3 is 1. The normalized spacial score (nSPS) is 14.1. The molecule has 0 rings (SSSR count). The smallest absolute Gasteiger partial charge is 0.311 e. The van der Waals surface area contributed by atoms with Gasteiger partial charge in [0.25, 0.3) is 0 Å². The lowest BCUT2D eigenvalue weighted by Crippen LogP contribution is -2.31. The third-order valence-electron chi connectivity index (χ3n) is 2.67. The van der Waals surface area contributed by atoms with Crippen LogP contribution in [0.2, 0.25) is 0 Å². The van der Waals surface area contributed by atoms with Gasteiger partial charge < -0.3 is 4.74 Å². The Bertz CT molecular complexity index is 291. The first-order valence-corrected chi connectivity index (χ1v) is 6.18. The monoisotopic (exact) mass is 240 g/mol. The van der Waals surface area contributed by atoms with Crippen molar-refractivity contribution in [3.8, 4) is 0 Å². The van der Waals surface area contributed by atoms with E-state index >= 15 is 0 Å². The number of esters is 1. The Balaban J connectivity index is 4.76. The zero-order valence-electron chi connectivity index (χ0n) is 12.7. The topological polar surface area (TPSA) is 26.3 Å². The highest BCUT2D eigenvalue weighted by Crippen LogP contribution is 2.36. The molecule has 0 atom stereocenters. The van der Waals surface area contributed by atoms with Crippen molar-refractivity contribution in [1.29, 1.82) is 0 Å².